The Morgan fingerprint density at radius 2 is 1.52 bits per heavy atom. The van der Waals surface area contributed by atoms with Crippen LogP contribution in [0.15, 0.2) is 30.5 Å². The summed E-state index contributed by atoms with van der Waals surface area (Å²) in [6.07, 6.45) is 7.95. The lowest BCUT2D eigenvalue weighted by Crippen LogP contribution is -1.97. The zero-order chi connectivity index (χ0) is 22.0. The minimum atomic E-state index is -1.21. The topological polar surface area (TPSA) is 163 Å². The van der Waals surface area contributed by atoms with Crippen molar-refractivity contribution >= 4 is 17.1 Å². The molecule has 0 bridgehead atoms. The number of aryl methyl sites for hydroxylation is 2. The number of nitrogens with zero attached hydrogens (tertiary/aromatic N) is 4. The van der Waals surface area contributed by atoms with Gasteiger partial charge in [-0.05, 0) is 30.9 Å². The van der Waals surface area contributed by atoms with E-state index < -0.39 is 37.6 Å². The van der Waals surface area contributed by atoms with Crippen LogP contribution >= 0.6 is 0 Å². The van der Waals surface area contributed by atoms with Gasteiger partial charge in [0.25, 0.3) is 11.4 Å². The van der Waals surface area contributed by atoms with Gasteiger partial charge in [0.1, 0.15) is 0 Å². The van der Waals surface area contributed by atoms with Crippen LogP contribution in [0.1, 0.15) is 44.4 Å². The molecule has 1 heterocycles. The second kappa shape index (κ2) is 11.3. The fourth-order valence-corrected chi connectivity index (χ4v) is 2.51. The maximum absolute atomic E-state index is 10.4. The molecule has 2 rings (SSSR count). The van der Waals surface area contributed by atoms with Crippen molar-refractivity contribution in [2.45, 2.75) is 46.0 Å². The van der Waals surface area contributed by atoms with Crippen LogP contribution in [0.4, 0.5) is 17.1 Å². The quantitative estimate of drug-likeness (QED) is 0.495. The van der Waals surface area contributed by atoms with E-state index in [1.165, 1.54) is 36.9 Å². The van der Waals surface area contributed by atoms with E-state index in [-0.39, 0.29) is 0 Å². The summed E-state index contributed by atoms with van der Waals surface area (Å²) in [5.74, 6) is -1.21. The van der Waals surface area contributed by atoms with Crippen LogP contribution in [0.2, 0.25) is 0 Å². The van der Waals surface area contributed by atoms with E-state index in [0.717, 1.165) is 6.42 Å². The number of benzene rings is 1. The summed E-state index contributed by atoms with van der Waals surface area (Å²) in [5, 5.41) is 40.2. The number of rotatable bonds is 8. The Labute approximate surface area is 166 Å². The molecule has 0 aliphatic carbocycles. The molecule has 0 amide bonds. The van der Waals surface area contributed by atoms with Crippen molar-refractivity contribution in [3.8, 4) is 5.75 Å². The summed E-state index contributed by atoms with van der Waals surface area (Å²) < 4.78 is 0. The Bertz CT molecular complexity index is 851. The maximum atomic E-state index is 10.4. The van der Waals surface area contributed by atoms with Crippen molar-refractivity contribution in [1.29, 1.82) is 0 Å². The molecule has 11 nitrogen and oxygen atoms in total. The zero-order valence-electron chi connectivity index (χ0n) is 16.1. The number of aromatic hydroxyl groups is 1. The molecule has 1 N–H and O–H groups in total. The number of phenolic OH excluding ortho intramolecular Hbond substituents is 1. The summed E-state index contributed by atoms with van der Waals surface area (Å²) in [6, 6.07) is 5.15. The number of nitro benzene ring substituents is 3. The summed E-state index contributed by atoms with van der Waals surface area (Å²) in [4.78, 5) is 32.2. The minimum Gasteiger partial charge on any atom is -0.497 e. The highest BCUT2D eigenvalue weighted by Gasteiger charge is 2.30. The molecule has 1 aromatic heterocycles. The standard InChI is InChI=1S/C12H19N.C6H3N3O7/c1-3-5-9-12-11(7-4-2)8-6-10-13-12;10-6-4(8(13)14)1-3(7(11)12)2-5(6)9(15)16/h6,8,10H,3-5,7,9H2,1-2H3;1-2,10H. The molecular weight excluding hydrogens is 384 g/mol. The van der Waals surface area contributed by atoms with Crippen molar-refractivity contribution in [2.24, 2.45) is 0 Å². The number of hydrogen-bond acceptors (Lipinski definition) is 8. The molecule has 1 aromatic carbocycles. The predicted octanol–water partition coefficient (Wildman–Crippen LogP) is 4.49. The fourth-order valence-electron chi connectivity index (χ4n) is 2.51. The van der Waals surface area contributed by atoms with Crippen LogP contribution in [-0.4, -0.2) is 24.9 Å². The first-order chi connectivity index (χ1) is 13.7. The van der Waals surface area contributed by atoms with E-state index in [4.69, 9.17) is 5.11 Å². The van der Waals surface area contributed by atoms with E-state index in [0.29, 0.717) is 12.1 Å². The fraction of sp³-hybridized carbons (Fsp3) is 0.389. The SMILES string of the molecule is CCCCc1ncccc1CCC.O=[N+]([O-])c1cc([N+](=O)[O-])c(O)c([N+](=O)[O-])c1. The normalized spacial score (nSPS) is 10.0. The van der Waals surface area contributed by atoms with Crippen LogP contribution in [0, 0.1) is 30.3 Å². The monoisotopic (exact) mass is 406 g/mol. The Hall–Kier alpha value is -3.63. The molecule has 0 fully saturated rings. The Kier molecular flexibility index (Phi) is 9.10. The third-order valence-electron chi connectivity index (χ3n) is 3.93. The smallest absolute Gasteiger partial charge is 0.324 e. The summed E-state index contributed by atoms with van der Waals surface area (Å²) in [5.41, 5.74) is -0.248. The van der Waals surface area contributed by atoms with Gasteiger partial charge in [-0.25, -0.2) is 0 Å². The first-order valence-electron chi connectivity index (χ1n) is 8.95. The Morgan fingerprint density at radius 3 is 1.97 bits per heavy atom. The van der Waals surface area contributed by atoms with E-state index in [2.05, 4.69) is 24.9 Å². The van der Waals surface area contributed by atoms with Crippen molar-refractivity contribution in [1.82, 2.24) is 4.98 Å². The molecule has 2 aromatic rings. The molecular formula is C18H22N4O7. The Balaban J connectivity index is 0.000000296. The highest BCUT2D eigenvalue weighted by Crippen LogP contribution is 2.38. The zero-order valence-corrected chi connectivity index (χ0v) is 16.1. The predicted molar refractivity (Wildman–Crippen MR) is 105 cm³/mol. The Morgan fingerprint density at radius 1 is 0.931 bits per heavy atom. The molecule has 0 saturated heterocycles. The molecule has 156 valence electrons. The second-order valence-electron chi connectivity index (χ2n) is 6.07. The molecule has 11 heteroatoms. The van der Waals surface area contributed by atoms with Gasteiger partial charge in [-0.15, -0.1) is 0 Å². The lowest BCUT2D eigenvalue weighted by molar-refractivity contribution is -0.404. The lowest BCUT2D eigenvalue weighted by Gasteiger charge is -2.05. The van der Waals surface area contributed by atoms with Crippen molar-refractivity contribution in [3.05, 3.63) is 72.1 Å². The van der Waals surface area contributed by atoms with Gasteiger partial charge in [-0.2, -0.15) is 0 Å². The molecule has 0 saturated carbocycles. The van der Waals surface area contributed by atoms with Gasteiger partial charge in [0, 0.05) is 11.9 Å². The first-order valence-corrected chi connectivity index (χ1v) is 8.95. The highest BCUT2D eigenvalue weighted by molar-refractivity contribution is 5.64. The summed E-state index contributed by atoms with van der Waals surface area (Å²) in [7, 11) is 0. The van der Waals surface area contributed by atoms with Gasteiger partial charge in [0.05, 0.1) is 26.9 Å². The van der Waals surface area contributed by atoms with Crippen molar-refractivity contribution in [2.75, 3.05) is 0 Å². The van der Waals surface area contributed by atoms with E-state index in [1.54, 1.807) is 0 Å². The summed E-state index contributed by atoms with van der Waals surface area (Å²) in [6.45, 7) is 4.44. The molecule has 29 heavy (non-hydrogen) atoms. The van der Waals surface area contributed by atoms with Gasteiger partial charge in [-0.3, -0.25) is 35.3 Å². The van der Waals surface area contributed by atoms with E-state index >= 15 is 0 Å². The third kappa shape index (κ3) is 6.79. The number of unbranched alkanes of at least 4 members (excludes halogenated alkanes) is 1. The van der Waals surface area contributed by atoms with Crippen LogP contribution in [0.25, 0.3) is 0 Å². The van der Waals surface area contributed by atoms with E-state index in [1.807, 2.05) is 12.3 Å². The number of phenols is 1. The molecule has 0 radical (unpaired) electrons. The van der Waals surface area contributed by atoms with Gasteiger partial charge < -0.3 is 5.11 Å². The molecule has 0 atom stereocenters. The maximum Gasteiger partial charge on any atom is 0.324 e. The van der Waals surface area contributed by atoms with Crippen LogP contribution in [0.5, 0.6) is 5.75 Å². The highest BCUT2D eigenvalue weighted by atomic mass is 16.6. The second-order valence-corrected chi connectivity index (χ2v) is 6.07. The van der Waals surface area contributed by atoms with E-state index in [9.17, 15) is 30.3 Å². The van der Waals surface area contributed by atoms with Gasteiger partial charge in [0.2, 0.25) is 0 Å². The lowest BCUT2D eigenvalue weighted by atomic mass is 10.0. The van der Waals surface area contributed by atoms with Gasteiger partial charge >= 0.3 is 11.4 Å². The van der Waals surface area contributed by atoms with Crippen molar-refractivity contribution in [3.63, 3.8) is 0 Å². The summed E-state index contributed by atoms with van der Waals surface area (Å²) >= 11 is 0. The number of nitro groups is 3. The molecule has 0 aliphatic rings. The molecule has 0 unspecified atom stereocenters. The molecule has 0 aliphatic heterocycles. The average Bonchev–Trinajstić information content (AvgIpc) is 2.67. The number of hydrogen-bond donors (Lipinski definition) is 1. The number of non-ortho nitro benzene ring substituents is 1. The van der Waals surface area contributed by atoms with Crippen molar-refractivity contribution < 1.29 is 19.9 Å². The number of aromatic nitrogens is 1. The third-order valence-corrected chi connectivity index (χ3v) is 3.93. The first kappa shape index (κ1) is 23.4. The largest absolute Gasteiger partial charge is 0.497 e. The van der Waals surface area contributed by atoms with Crippen LogP contribution < -0.4 is 0 Å². The number of pyridine rings is 1. The van der Waals surface area contributed by atoms with Crippen LogP contribution in [-0.2, 0) is 12.8 Å². The van der Waals surface area contributed by atoms with Gasteiger partial charge in [-0.1, -0.05) is 32.8 Å². The van der Waals surface area contributed by atoms with Crippen LogP contribution in [0.3, 0.4) is 0 Å². The average molecular weight is 406 g/mol. The molecule has 0 spiro atoms. The van der Waals surface area contributed by atoms with Gasteiger partial charge in [0.15, 0.2) is 0 Å². The minimum absolute atomic E-state index is 0.447.